The lowest BCUT2D eigenvalue weighted by molar-refractivity contribution is -0.259. The number of piperidine rings is 1. The summed E-state index contributed by atoms with van der Waals surface area (Å²) in [5.41, 5.74) is 8.00. The molecule has 2 aliphatic heterocycles. The number of carbonyl (C=O) groups is 4. The van der Waals surface area contributed by atoms with E-state index in [1.807, 2.05) is 51.2 Å². The fraction of sp³-hybridized carbons (Fsp3) is 0.778. The normalized spacial score (nSPS) is 28.5. The second kappa shape index (κ2) is 29.1. The Morgan fingerprint density at radius 3 is 2.28 bits per heavy atom. The topological polar surface area (TPSA) is 233 Å². The first-order valence-electron chi connectivity index (χ1n) is 26.1. The summed E-state index contributed by atoms with van der Waals surface area (Å²) in [7, 11) is 1.05. The number of hydrogen-bond donors (Lipinski definition) is 4. The van der Waals surface area contributed by atoms with E-state index < -0.39 is 88.4 Å². The number of esters is 1. The smallest absolute Gasteiger partial charge is 0.329 e. The zero-order valence-corrected chi connectivity index (χ0v) is 45.8. The number of ether oxygens (including phenoxy) is 4. The molecule has 0 aromatic rings. The molecule has 2 heterocycles. The third-order valence-electron chi connectivity index (χ3n) is 15.5. The minimum absolute atomic E-state index is 0.00490. The zero-order chi connectivity index (χ0) is 53.4. The molecule has 1 saturated carbocycles. The van der Waals surface area contributed by atoms with Gasteiger partial charge < -0.3 is 44.9 Å². The van der Waals surface area contributed by atoms with Gasteiger partial charge in [-0.15, -0.1) is 0 Å². The van der Waals surface area contributed by atoms with Crippen LogP contribution in [0.3, 0.4) is 0 Å². The summed E-state index contributed by atoms with van der Waals surface area (Å²) in [4.78, 5) is 56.8. The summed E-state index contributed by atoms with van der Waals surface area (Å²) in [6, 6.07) is -1.98. The Balaban J connectivity index is 1.70. The monoisotopic (exact) mass is 1020 g/mol. The van der Waals surface area contributed by atoms with Gasteiger partial charge in [0.25, 0.3) is 11.7 Å². The molecule has 1 unspecified atom stereocenters. The van der Waals surface area contributed by atoms with Gasteiger partial charge in [-0.25, -0.2) is 13.2 Å². The molecule has 0 aromatic carbocycles. The van der Waals surface area contributed by atoms with Crippen LogP contribution in [-0.2, 0) is 48.1 Å². The Hall–Kier alpha value is -3.13. The van der Waals surface area contributed by atoms with Crippen molar-refractivity contribution in [3.8, 4) is 0 Å². The van der Waals surface area contributed by atoms with Crippen LogP contribution < -0.4 is 5.73 Å². The van der Waals surface area contributed by atoms with E-state index in [1.54, 1.807) is 40.9 Å². The van der Waals surface area contributed by atoms with Crippen LogP contribution in [0.5, 0.6) is 0 Å². The predicted octanol–water partition coefficient (Wildman–Crippen LogP) is 6.21. The number of methoxy groups -OCH3 is 2. The molecule has 1 aliphatic carbocycles. The second-order valence-electron chi connectivity index (χ2n) is 21.2. The predicted molar refractivity (Wildman–Crippen MR) is 275 cm³/mol. The van der Waals surface area contributed by atoms with Crippen molar-refractivity contribution in [1.82, 2.24) is 9.21 Å². The van der Waals surface area contributed by atoms with Gasteiger partial charge in [-0.1, -0.05) is 76.6 Å². The summed E-state index contributed by atoms with van der Waals surface area (Å²) in [6.45, 7) is 16.5. The molecule has 3 fully saturated rings. The molecular weight excluding hydrogens is 931 g/mol. The highest BCUT2D eigenvalue weighted by Gasteiger charge is 2.52. The van der Waals surface area contributed by atoms with Crippen molar-refractivity contribution in [1.29, 1.82) is 0 Å². The molecule has 1 amide bonds. The number of hydrogen-bond acceptors (Lipinski definition) is 14. The van der Waals surface area contributed by atoms with E-state index in [0.29, 0.717) is 68.8 Å². The van der Waals surface area contributed by atoms with Gasteiger partial charge in [-0.3, -0.25) is 14.4 Å². The zero-order valence-electron chi connectivity index (χ0n) is 45.0. The first-order chi connectivity index (χ1) is 33.3. The van der Waals surface area contributed by atoms with Crippen LogP contribution in [0.2, 0.25) is 0 Å². The lowest BCUT2D eigenvalue weighted by Gasteiger charge is -2.41. The Morgan fingerprint density at radius 1 is 0.944 bits per heavy atom. The van der Waals surface area contributed by atoms with Gasteiger partial charge in [-0.2, -0.15) is 4.31 Å². The highest BCUT2D eigenvalue weighted by molar-refractivity contribution is 7.89. The lowest BCUT2D eigenvalue weighted by Crippen LogP contribution is -2.60. The summed E-state index contributed by atoms with van der Waals surface area (Å²) >= 11 is 0. The van der Waals surface area contributed by atoms with Crippen LogP contribution in [-0.4, -0.2) is 151 Å². The van der Waals surface area contributed by atoms with Gasteiger partial charge in [0, 0.05) is 51.7 Å². The van der Waals surface area contributed by atoms with Crippen LogP contribution in [0.1, 0.15) is 139 Å². The molecule has 3 rings (SSSR count). The Morgan fingerprint density at radius 2 is 1.63 bits per heavy atom. The first kappa shape index (κ1) is 62.2. The number of rotatable bonds is 27. The fourth-order valence-corrected chi connectivity index (χ4v) is 11.6. The van der Waals surface area contributed by atoms with Crippen molar-refractivity contribution in [3.63, 3.8) is 0 Å². The van der Waals surface area contributed by atoms with E-state index in [1.165, 1.54) is 23.4 Å². The fourth-order valence-electron chi connectivity index (χ4n) is 10.4. The summed E-state index contributed by atoms with van der Waals surface area (Å²) in [5, 5.41) is 31.9. The maximum atomic E-state index is 14.2. The number of ketones is 2. The number of carbonyl (C=O) groups excluding carboxylic acids is 4. The van der Waals surface area contributed by atoms with Gasteiger partial charge in [-0.05, 0) is 134 Å². The van der Waals surface area contributed by atoms with Gasteiger partial charge in [0.1, 0.15) is 24.4 Å². The van der Waals surface area contributed by atoms with Crippen molar-refractivity contribution < 1.29 is 61.9 Å². The summed E-state index contributed by atoms with van der Waals surface area (Å²) < 4.78 is 49.4. The number of allylic oxidation sites excluding steroid dienone is 5. The van der Waals surface area contributed by atoms with E-state index in [0.717, 1.165) is 31.3 Å². The Bertz CT molecular complexity index is 1970. The van der Waals surface area contributed by atoms with Gasteiger partial charge in [0.05, 0.1) is 24.6 Å². The number of nitrogens with two attached hydrogens (primary N) is 1. The molecule has 5 N–H and O–H groups in total. The Labute approximate surface area is 425 Å². The van der Waals surface area contributed by atoms with Crippen LogP contribution in [0.15, 0.2) is 47.6 Å². The largest absolute Gasteiger partial charge is 0.461 e. The molecule has 16 nitrogen and oxygen atoms in total. The molecule has 15 atom stereocenters. The average molecular weight is 1020 g/mol. The number of likely N-dealkylation sites (N-methyl/N-ethyl adjacent to an activating group) is 1. The minimum atomic E-state index is -3.57. The van der Waals surface area contributed by atoms with E-state index in [4.69, 9.17) is 29.8 Å². The van der Waals surface area contributed by atoms with Crippen LogP contribution >= 0.6 is 0 Å². The summed E-state index contributed by atoms with van der Waals surface area (Å²) in [5.74, 6) is -5.82. The molecule has 17 heteroatoms. The van der Waals surface area contributed by atoms with Crippen LogP contribution in [0.25, 0.3) is 0 Å². The molecule has 406 valence electrons. The minimum Gasteiger partial charge on any atom is -0.461 e. The van der Waals surface area contributed by atoms with Crippen molar-refractivity contribution in [2.45, 2.75) is 194 Å². The number of Topliss-reactive ketones (excluding diaryl/α,β-unsaturated/α-hetero) is 2. The molecule has 0 aromatic heterocycles. The standard InChI is InChI=1S/C54H91N3O13S/c1-34(18-14-13-15-19-35(2)42(9)56(10)71(65,66)29-28-58)30-38(5)48(59)50(68-12)49(60)39(6)32-44(55)25-26-46(37(4)31-43-24-21-36(3)47(33-43)67-11)69-53(63)45-20-16-17-27-57(45)52(62)51(61)54(64)40(7)22-23-41(8)70-54/h13-15,18-19,32,34,36-38,40-47,49-50,58,60,64H,16-17,20-31,33,55H2,1-12H3/b15-13+,18-14+,35-19+,39-32+/t34-,36-,37-,38-,40-,41-,42?,43+,44+,45+,46+,47-,49-,50+,54-/m1/s1. The van der Waals surface area contributed by atoms with Crippen LogP contribution in [0.4, 0.5) is 0 Å². The van der Waals surface area contributed by atoms with Crippen molar-refractivity contribution in [2.75, 3.05) is 40.2 Å². The maximum absolute atomic E-state index is 14.2. The van der Waals surface area contributed by atoms with Gasteiger partial charge in [0.2, 0.25) is 15.8 Å². The maximum Gasteiger partial charge on any atom is 0.329 e. The van der Waals surface area contributed by atoms with E-state index in [-0.39, 0.29) is 42.1 Å². The van der Waals surface area contributed by atoms with Crippen LogP contribution in [0, 0.1) is 35.5 Å². The third-order valence-corrected chi connectivity index (χ3v) is 17.4. The quantitative estimate of drug-likeness (QED) is 0.0310. The van der Waals surface area contributed by atoms with Crippen molar-refractivity contribution >= 4 is 33.5 Å². The summed E-state index contributed by atoms with van der Waals surface area (Å²) in [6.07, 6.45) is 15.5. The third kappa shape index (κ3) is 17.8. The molecule has 0 spiro atoms. The number of nitrogens with zero attached hydrogens (tertiary/aromatic N) is 2. The first-order valence-corrected chi connectivity index (χ1v) is 27.7. The molecular formula is C54H91N3O13S. The molecule has 0 bridgehead atoms. The number of aliphatic hydroxyl groups excluding tert-OH is 2. The SMILES string of the molecule is CO[C@@H]1C[C@H](C[C@@H](C)[C@H](CC[C@H](N)/C=C(\C)[C@@H](O)[C@@H](OC)C(=O)[C@H](C)C[C@H](C)/C=C/C=C/C=C(\C)C(C)N(C)S(=O)(=O)CCO)OC(=O)[C@@H]2CCCCN2C(=O)C(=O)[C@]2(O)O[C@H](C)CC[C@H]2C)CC[C@H]1C. The van der Waals surface area contributed by atoms with Crippen molar-refractivity contribution in [2.24, 2.45) is 41.2 Å². The highest BCUT2D eigenvalue weighted by atomic mass is 32.2. The molecule has 71 heavy (non-hydrogen) atoms. The molecule has 3 aliphatic rings. The van der Waals surface area contributed by atoms with E-state index in [9.17, 15) is 37.8 Å². The highest BCUT2D eigenvalue weighted by Crippen LogP contribution is 2.37. The second-order valence-corrected chi connectivity index (χ2v) is 23.4. The van der Waals surface area contributed by atoms with Gasteiger partial charge in [0.15, 0.2) is 5.78 Å². The number of amides is 1. The lowest BCUT2D eigenvalue weighted by atomic mass is 9.76. The Kier molecular flexibility index (Phi) is 25.5. The number of likely N-dealkylation sites (tertiary alicyclic amines) is 1. The van der Waals surface area contributed by atoms with Crippen molar-refractivity contribution in [3.05, 3.63) is 47.6 Å². The average Bonchev–Trinajstić information content (AvgIpc) is 3.33. The number of aliphatic hydroxyl groups is 3. The van der Waals surface area contributed by atoms with E-state index in [2.05, 4.69) is 13.8 Å². The molecule has 0 radical (unpaired) electrons. The molecule has 2 saturated heterocycles. The van der Waals surface area contributed by atoms with Gasteiger partial charge >= 0.3 is 5.97 Å². The number of sulfonamides is 1. The van der Waals surface area contributed by atoms with E-state index >= 15 is 0 Å².